The molecule has 1 saturated carbocycles. The second-order valence-corrected chi connectivity index (χ2v) is 5.49. The van der Waals surface area contributed by atoms with E-state index in [0.29, 0.717) is 11.6 Å². The molecule has 1 fully saturated rings. The molecule has 0 heterocycles. The van der Waals surface area contributed by atoms with Crippen molar-refractivity contribution in [3.63, 3.8) is 0 Å². The number of methoxy groups -OCH3 is 1. The molecule has 0 aliphatic heterocycles. The number of carbonyl (C=O) groups excluding carboxylic acids is 1. The molecule has 0 saturated heterocycles. The third-order valence-electron chi connectivity index (χ3n) is 4.07. The summed E-state index contributed by atoms with van der Waals surface area (Å²) in [7, 11) is 1.25. The molecule has 0 bridgehead atoms. The van der Waals surface area contributed by atoms with Crippen molar-refractivity contribution in [2.45, 2.75) is 38.6 Å². The predicted octanol–water partition coefficient (Wildman–Crippen LogP) is 3.37. The molecule has 0 amide bonds. The van der Waals surface area contributed by atoms with Crippen LogP contribution in [-0.4, -0.2) is 24.0 Å². The Labute approximate surface area is 123 Å². The molecule has 0 radical (unpaired) electrons. The van der Waals surface area contributed by atoms with E-state index in [1.165, 1.54) is 19.6 Å². The second-order valence-electron chi connectivity index (χ2n) is 5.49. The fourth-order valence-corrected chi connectivity index (χ4v) is 2.78. The molecule has 0 unspecified atom stereocenters. The van der Waals surface area contributed by atoms with Crippen LogP contribution >= 0.6 is 0 Å². The first-order chi connectivity index (χ1) is 10.0. The average molecular weight is 292 g/mol. The SMILES string of the molecule is COC(=O)c1ccc(N[C@H]2CCCC[C@H]2C)c([N+](=O)[O-])c1. The van der Waals surface area contributed by atoms with Crippen LogP contribution in [0.3, 0.4) is 0 Å². The van der Waals surface area contributed by atoms with Gasteiger partial charge in [-0.05, 0) is 30.9 Å². The standard InChI is InChI=1S/C15H20N2O4/c1-10-5-3-4-6-12(10)16-13-8-7-11(15(18)21-2)9-14(13)17(19)20/h7-10,12,16H,3-6H2,1-2H3/t10-,12+/m1/s1. The van der Waals surface area contributed by atoms with E-state index in [1.807, 2.05) is 0 Å². The zero-order valence-electron chi connectivity index (χ0n) is 12.3. The lowest BCUT2D eigenvalue weighted by atomic mass is 9.86. The van der Waals surface area contributed by atoms with Crippen molar-refractivity contribution < 1.29 is 14.5 Å². The smallest absolute Gasteiger partial charge is 0.338 e. The first kappa shape index (κ1) is 15.3. The van der Waals surface area contributed by atoms with Gasteiger partial charge in [-0.1, -0.05) is 19.8 Å². The van der Waals surface area contributed by atoms with Crippen molar-refractivity contribution in [3.8, 4) is 0 Å². The lowest BCUT2D eigenvalue weighted by Gasteiger charge is -2.30. The molecule has 21 heavy (non-hydrogen) atoms. The van der Waals surface area contributed by atoms with Crippen molar-refractivity contribution in [1.82, 2.24) is 0 Å². The summed E-state index contributed by atoms with van der Waals surface area (Å²) in [6.45, 7) is 2.16. The van der Waals surface area contributed by atoms with Gasteiger partial charge in [0.15, 0.2) is 0 Å². The van der Waals surface area contributed by atoms with E-state index in [-0.39, 0.29) is 17.3 Å². The maximum atomic E-state index is 11.5. The molecule has 1 aromatic rings. The number of nitrogens with one attached hydrogen (secondary N) is 1. The molecular weight excluding hydrogens is 272 g/mol. The van der Waals surface area contributed by atoms with Crippen LogP contribution in [0.2, 0.25) is 0 Å². The van der Waals surface area contributed by atoms with Gasteiger partial charge in [-0.25, -0.2) is 4.79 Å². The molecule has 6 nitrogen and oxygen atoms in total. The highest BCUT2D eigenvalue weighted by Crippen LogP contribution is 2.31. The van der Waals surface area contributed by atoms with Gasteiger partial charge in [0.2, 0.25) is 0 Å². The van der Waals surface area contributed by atoms with Gasteiger partial charge in [-0.3, -0.25) is 10.1 Å². The summed E-state index contributed by atoms with van der Waals surface area (Å²) in [4.78, 5) is 22.2. The van der Waals surface area contributed by atoms with Gasteiger partial charge in [0, 0.05) is 12.1 Å². The lowest BCUT2D eigenvalue weighted by Crippen LogP contribution is -2.30. The number of rotatable bonds is 4. The number of nitrogens with zero attached hydrogens (tertiary/aromatic N) is 1. The van der Waals surface area contributed by atoms with Crippen LogP contribution in [0.5, 0.6) is 0 Å². The topological polar surface area (TPSA) is 81.5 Å². The monoisotopic (exact) mass is 292 g/mol. The zero-order valence-corrected chi connectivity index (χ0v) is 12.3. The molecule has 1 aliphatic carbocycles. The van der Waals surface area contributed by atoms with Gasteiger partial charge in [-0.15, -0.1) is 0 Å². The maximum absolute atomic E-state index is 11.5. The largest absolute Gasteiger partial charge is 0.465 e. The minimum absolute atomic E-state index is 0.0873. The lowest BCUT2D eigenvalue weighted by molar-refractivity contribution is -0.384. The summed E-state index contributed by atoms with van der Waals surface area (Å²) in [5.41, 5.74) is 0.563. The molecule has 0 spiro atoms. The summed E-state index contributed by atoms with van der Waals surface area (Å²) in [6.07, 6.45) is 4.49. The van der Waals surface area contributed by atoms with E-state index < -0.39 is 10.9 Å². The second kappa shape index (κ2) is 6.56. The number of ether oxygens (including phenoxy) is 1. The van der Waals surface area contributed by atoms with Crippen molar-refractivity contribution >= 4 is 17.3 Å². The summed E-state index contributed by atoms with van der Waals surface area (Å²) < 4.78 is 4.60. The number of hydrogen-bond donors (Lipinski definition) is 1. The van der Waals surface area contributed by atoms with Crippen molar-refractivity contribution in [2.24, 2.45) is 5.92 Å². The van der Waals surface area contributed by atoms with E-state index in [0.717, 1.165) is 19.3 Å². The third kappa shape index (κ3) is 3.51. The highest BCUT2D eigenvalue weighted by Gasteiger charge is 2.25. The summed E-state index contributed by atoms with van der Waals surface area (Å²) in [6, 6.07) is 4.64. The Balaban J connectivity index is 2.26. The number of anilines is 1. The minimum atomic E-state index is -0.573. The maximum Gasteiger partial charge on any atom is 0.338 e. The highest BCUT2D eigenvalue weighted by molar-refractivity contribution is 5.91. The Morgan fingerprint density at radius 2 is 2.10 bits per heavy atom. The van der Waals surface area contributed by atoms with E-state index in [2.05, 4.69) is 17.0 Å². The molecule has 1 aliphatic rings. The Morgan fingerprint density at radius 1 is 1.38 bits per heavy atom. The number of hydrogen-bond acceptors (Lipinski definition) is 5. The van der Waals surface area contributed by atoms with Crippen LogP contribution in [0.4, 0.5) is 11.4 Å². The average Bonchev–Trinajstić information content (AvgIpc) is 2.49. The van der Waals surface area contributed by atoms with Gasteiger partial charge >= 0.3 is 5.97 Å². The summed E-state index contributed by atoms with van der Waals surface area (Å²) in [5.74, 6) is -0.0886. The fraction of sp³-hybridized carbons (Fsp3) is 0.533. The van der Waals surface area contributed by atoms with Crippen LogP contribution in [0.15, 0.2) is 18.2 Å². The fourth-order valence-electron chi connectivity index (χ4n) is 2.78. The molecule has 6 heteroatoms. The molecule has 2 rings (SSSR count). The summed E-state index contributed by atoms with van der Waals surface area (Å²) in [5, 5.41) is 14.5. The van der Waals surface area contributed by atoms with Crippen molar-refractivity contribution in [1.29, 1.82) is 0 Å². The molecule has 1 aromatic carbocycles. The van der Waals surface area contributed by atoms with Crippen LogP contribution < -0.4 is 5.32 Å². The molecule has 2 atom stereocenters. The third-order valence-corrected chi connectivity index (χ3v) is 4.07. The minimum Gasteiger partial charge on any atom is -0.465 e. The number of benzene rings is 1. The Morgan fingerprint density at radius 3 is 2.71 bits per heavy atom. The molecule has 1 N–H and O–H groups in total. The first-order valence-corrected chi connectivity index (χ1v) is 7.16. The van der Waals surface area contributed by atoms with Gasteiger partial charge in [-0.2, -0.15) is 0 Å². The Hall–Kier alpha value is -2.11. The van der Waals surface area contributed by atoms with Crippen LogP contribution in [0, 0.1) is 16.0 Å². The van der Waals surface area contributed by atoms with E-state index in [1.54, 1.807) is 12.1 Å². The Bertz CT molecular complexity index is 544. The van der Waals surface area contributed by atoms with Gasteiger partial charge < -0.3 is 10.1 Å². The molecule has 114 valence electrons. The molecular formula is C15H20N2O4. The van der Waals surface area contributed by atoms with Gasteiger partial charge in [0.05, 0.1) is 17.6 Å². The quantitative estimate of drug-likeness (QED) is 0.522. The number of nitro groups is 1. The predicted molar refractivity (Wildman–Crippen MR) is 79.5 cm³/mol. The highest BCUT2D eigenvalue weighted by atomic mass is 16.6. The van der Waals surface area contributed by atoms with Crippen LogP contribution in [-0.2, 0) is 4.74 Å². The van der Waals surface area contributed by atoms with Crippen molar-refractivity contribution in [2.75, 3.05) is 12.4 Å². The summed E-state index contributed by atoms with van der Waals surface area (Å²) >= 11 is 0. The van der Waals surface area contributed by atoms with E-state index in [9.17, 15) is 14.9 Å². The van der Waals surface area contributed by atoms with Crippen LogP contribution in [0.25, 0.3) is 0 Å². The molecule has 0 aromatic heterocycles. The normalized spacial score (nSPS) is 21.6. The zero-order chi connectivity index (χ0) is 15.4. The van der Waals surface area contributed by atoms with E-state index in [4.69, 9.17) is 0 Å². The first-order valence-electron chi connectivity index (χ1n) is 7.16. The van der Waals surface area contributed by atoms with Gasteiger partial charge in [0.1, 0.15) is 5.69 Å². The number of esters is 1. The van der Waals surface area contributed by atoms with Crippen LogP contribution in [0.1, 0.15) is 43.0 Å². The van der Waals surface area contributed by atoms with E-state index >= 15 is 0 Å². The Kier molecular flexibility index (Phi) is 4.77. The number of carbonyl (C=O) groups is 1. The number of nitro benzene ring substituents is 1. The van der Waals surface area contributed by atoms with Gasteiger partial charge in [0.25, 0.3) is 5.69 Å². The van der Waals surface area contributed by atoms with Crippen molar-refractivity contribution in [3.05, 3.63) is 33.9 Å².